The number of amides is 1. The molecule has 0 bridgehead atoms. The zero-order valence-electron chi connectivity index (χ0n) is 12.0. The Hall–Kier alpha value is -0.320. The van der Waals surface area contributed by atoms with Gasteiger partial charge in [0.25, 0.3) is 0 Å². The lowest BCUT2D eigenvalue weighted by Crippen LogP contribution is -2.46. The minimum atomic E-state index is 0. The third-order valence-corrected chi connectivity index (χ3v) is 4.44. The van der Waals surface area contributed by atoms with E-state index in [9.17, 15) is 4.79 Å². The summed E-state index contributed by atoms with van der Waals surface area (Å²) in [5.41, 5.74) is 5.94. The van der Waals surface area contributed by atoms with Gasteiger partial charge in [0.1, 0.15) is 0 Å². The molecule has 0 aromatic rings. The normalized spacial score (nSPS) is 23.8. The number of carbonyl (C=O) groups excluding carboxylic acids is 1. The van der Waals surface area contributed by atoms with Crippen LogP contribution in [0.5, 0.6) is 0 Å². The Morgan fingerprint density at radius 1 is 1.16 bits per heavy atom. The zero-order valence-corrected chi connectivity index (χ0v) is 12.8. The van der Waals surface area contributed by atoms with E-state index in [0.29, 0.717) is 24.4 Å². The Morgan fingerprint density at radius 2 is 1.74 bits per heavy atom. The van der Waals surface area contributed by atoms with Crippen LogP contribution < -0.4 is 5.73 Å². The molecule has 1 amide bonds. The lowest BCUT2D eigenvalue weighted by Gasteiger charge is -2.35. The van der Waals surface area contributed by atoms with Crippen molar-refractivity contribution in [2.24, 2.45) is 11.7 Å². The number of halogens is 1. The van der Waals surface area contributed by atoms with E-state index >= 15 is 0 Å². The largest absolute Gasteiger partial charge is 0.342 e. The molecule has 0 aromatic carbocycles. The molecule has 19 heavy (non-hydrogen) atoms. The molecular weight excluding hydrogens is 262 g/mol. The van der Waals surface area contributed by atoms with Crippen molar-refractivity contribution >= 4 is 18.3 Å². The topological polar surface area (TPSA) is 49.6 Å². The van der Waals surface area contributed by atoms with Gasteiger partial charge in [0.05, 0.1) is 6.54 Å². The number of nitrogens with zero attached hydrogens (tertiary/aromatic N) is 2. The third kappa shape index (κ3) is 4.93. The molecule has 1 atom stereocenters. The summed E-state index contributed by atoms with van der Waals surface area (Å²) in [6.45, 7) is 6.72. The second kappa shape index (κ2) is 8.08. The quantitative estimate of drug-likeness (QED) is 0.856. The monoisotopic (exact) mass is 289 g/mol. The fourth-order valence-electron chi connectivity index (χ4n) is 3.07. The number of likely N-dealkylation sites (tertiary alicyclic amines) is 2. The van der Waals surface area contributed by atoms with Gasteiger partial charge in [0.15, 0.2) is 0 Å². The third-order valence-electron chi connectivity index (χ3n) is 4.44. The van der Waals surface area contributed by atoms with E-state index in [1.807, 2.05) is 4.90 Å². The molecule has 2 fully saturated rings. The summed E-state index contributed by atoms with van der Waals surface area (Å²) in [5.74, 6) is 0.972. The Balaban J connectivity index is 0.00000180. The molecular formula is C14H28ClN3O. The van der Waals surface area contributed by atoms with Crippen LogP contribution in [-0.4, -0.2) is 54.5 Å². The second-order valence-electron chi connectivity index (χ2n) is 5.91. The molecule has 2 aliphatic heterocycles. The summed E-state index contributed by atoms with van der Waals surface area (Å²) in [5, 5.41) is 0. The van der Waals surface area contributed by atoms with Gasteiger partial charge in [-0.3, -0.25) is 9.69 Å². The molecule has 0 saturated carbocycles. The number of nitrogens with two attached hydrogens (primary N) is 1. The first kappa shape index (κ1) is 16.7. The SMILES string of the molecule is CC(N)C1CCN(CC(=O)N2CCCCC2)CC1.Cl. The minimum absolute atomic E-state index is 0. The number of piperidine rings is 2. The molecule has 0 spiro atoms. The molecule has 2 rings (SSSR count). The highest BCUT2D eigenvalue weighted by Crippen LogP contribution is 2.19. The van der Waals surface area contributed by atoms with Crippen molar-refractivity contribution in [3.63, 3.8) is 0 Å². The van der Waals surface area contributed by atoms with Gasteiger partial charge < -0.3 is 10.6 Å². The predicted molar refractivity (Wildman–Crippen MR) is 80.5 cm³/mol. The lowest BCUT2D eigenvalue weighted by atomic mass is 9.91. The van der Waals surface area contributed by atoms with Gasteiger partial charge in [0, 0.05) is 19.1 Å². The highest BCUT2D eigenvalue weighted by atomic mass is 35.5. The molecule has 0 aromatic heterocycles. The van der Waals surface area contributed by atoms with Crippen molar-refractivity contribution in [3.05, 3.63) is 0 Å². The summed E-state index contributed by atoms with van der Waals surface area (Å²) in [6, 6.07) is 0.296. The van der Waals surface area contributed by atoms with Gasteiger partial charge in [-0.2, -0.15) is 0 Å². The highest BCUT2D eigenvalue weighted by Gasteiger charge is 2.25. The van der Waals surface area contributed by atoms with Crippen molar-refractivity contribution in [1.29, 1.82) is 0 Å². The summed E-state index contributed by atoms with van der Waals surface area (Å²) in [4.78, 5) is 16.5. The van der Waals surface area contributed by atoms with E-state index in [1.165, 1.54) is 19.3 Å². The van der Waals surface area contributed by atoms with Crippen LogP contribution >= 0.6 is 12.4 Å². The van der Waals surface area contributed by atoms with E-state index in [-0.39, 0.29) is 12.4 Å². The van der Waals surface area contributed by atoms with Gasteiger partial charge in [-0.15, -0.1) is 12.4 Å². The smallest absolute Gasteiger partial charge is 0.236 e. The summed E-state index contributed by atoms with van der Waals surface area (Å²) >= 11 is 0. The highest BCUT2D eigenvalue weighted by molar-refractivity contribution is 5.85. The maximum absolute atomic E-state index is 12.1. The standard InChI is InChI=1S/C14H27N3O.ClH/c1-12(15)13-5-9-16(10-6-13)11-14(18)17-7-3-2-4-8-17;/h12-13H,2-11,15H2,1H3;1H. The summed E-state index contributed by atoms with van der Waals surface area (Å²) in [6.07, 6.45) is 5.93. The van der Waals surface area contributed by atoms with E-state index in [0.717, 1.165) is 39.0 Å². The van der Waals surface area contributed by atoms with Crippen molar-refractivity contribution in [1.82, 2.24) is 9.80 Å². The Kier molecular flexibility index (Phi) is 7.11. The molecule has 112 valence electrons. The van der Waals surface area contributed by atoms with Crippen LogP contribution in [0.25, 0.3) is 0 Å². The molecule has 0 radical (unpaired) electrons. The van der Waals surface area contributed by atoms with Gasteiger partial charge in [-0.25, -0.2) is 0 Å². The minimum Gasteiger partial charge on any atom is -0.342 e. The number of hydrogen-bond donors (Lipinski definition) is 1. The molecule has 2 heterocycles. The predicted octanol–water partition coefficient (Wildman–Crippen LogP) is 1.48. The fraction of sp³-hybridized carbons (Fsp3) is 0.929. The number of carbonyl (C=O) groups is 1. The van der Waals surface area contributed by atoms with Crippen LogP contribution in [0.1, 0.15) is 39.0 Å². The van der Waals surface area contributed by atoms with Crippen molar-refractivity contribution in [2.45, 2.75) is 45.1 Å². The zero-order chi connectivity index (χ0) is 13.0. The van der Waals surface area contributed by atoms with Crippen LogP contribution in [0.15, 0.2) is 0 Å². The number of hydrogen-bond acceptors (Lipinski definition) is 3. The van der Waals surface area contributed by atoms with Gasteiger partial charge in [0.2, 0.25) is 5.91 Å². The molecule has 1 unspecified atom stereocenters. The van der Waals surface area contributed by atoms with E-state index in [1.54, 1.807) is 0 Å². The van der Waals surface area contributed by atoms with Crippen LogP contribution in [0.3, 0.4) is 0 Å². The molecule has 5 heteroatoms. The van der Waals surface area contributed by atoms with Crippen LogP contribution in [0, 0.1) is 5.92 Å². The summed E-state index contributed by atoms with van der Waals surface area (Å²) in [7, 11) is 0. The first-order valence-electron chi connectivity index (χ1n) is 7.42. The van der Waals surface area contributed by atoms with Gasteiger partial charge >= 0.3 is 0 Å². The van der Waals surface area contributed by atoms with Gasteiger partial charge in [-0.1, -0.05) is 0 Å². The molecule has 2 N–H and O–H groups in total. The van der Waals surface area contributed by atoms with E-state index in [4.69, 9.17) is 5.73 Å². The van der Waals surface area contributed by atoms with Crippen LogP contribution in [-0.2, 0) is 4.79 Å². The summed E-state index contributed by atoms with van der Waals surface area (Å²) < 4.78 is 0. The molecule has 0 aliphatic carbocycles. The lowest BCUT2D eigenvalue weighted by molar-refractivity contribution is -0.133. The maximum atomic E-state index is 12.1. The maximum Gasteiger partial charge on any atom is 0.236 e. The van der Waals surface area contributed by atoms with Crippen LogP contribution in [0.4, 0.5) is 0 Å². The number of rotatable bonds is 3. The van der Waals surface area contributed by atoms with E-state index < -0.39 is 0 Å². The average molecular weight is 290 g/mol. The van der Waals surface area contributed by atoms with Crippen molar-refractivity contribution < 1.29 is 4.79 Å². The molecule has 2 aliphatic rings. The second-order valence-corrected chi connectivity index (χ2v) is 5.91. The first-order valence-corrected chi connectivity index (χ1v) is 7.42. The van der Waals surface area contributed by atoms with Gasteiger partial charge in [-0.05, 0) is 58.0 Å². The fourth-order valence-corrected chi connectivity index (χ4v) is 3.07. The van der Waals surface area contributed by atoms with Crippen LogP contribution in [0.2, 0.25) is 0 Å². The van der Waals surface area contributed by atoms with Crippen molar-refractivity contribution in [2.75, 3.05) is 32.7 Å². The Labute approximate surface area is 123 Å². The van der Waals surface area contributed by atoms with Crippen molar-refractivity contribution in [3.8, 4) is 0 Å². The molecule has 2 saturated heterocycles. The first-order chi connectivity index (χ1) is 8.66. The Morgan fingerprint density at radius 3 is 2.26 bits per heavy atom. The average Bonchev–Trinajstić information content (AvgIpc) is 2.40. The molecule has 4 nitrogen and oxygen atoms in total. The van der Waals surface area contributed by atoms with E-state index in [2.05, 4.69) is 11.8 Å². The Bertz CT molecular complexity index is 272.